The zero-order valence-electron chi connectivity index (χ0n) is 16.9. The molecule has 0 bridgehead atoms. The van der Waals surface area contributed by atoms with Crippen LogP contribution in [-0.4, -0.2) is 36.9 Å². The molecule has 0 atom stereocenters. The van der Waals surface area contributed by atoms with Crippen LogP contribution in [0.3, 0.4) is 0 Å². The molecular formula is C22H26Cl2N2O3. The number of carbonyl (C=O) groups is 2. The molecule has 0 aliphatic heterocycles. The van der Waals surface area contributed by atoms with Gasteiger partial charge in [0.1, 0.15) is 5.75 Å². The average molecular weight is 437 g/mol. The number of amides is 2. The van der Waals surface area contributed by atoms with E-state index >= 15 is 0 Å². The van der Waals surface area contributed by atoms with Crippen molar-refractivity contribution < 1.29 is 14.3 Å². The molecule has 156 valence electrons. The zero-order chi connectivity index (χ0) is 21.4. The lowest BCUT2D eigenvalue weighted by molar-refractivity contribution is -0.133. The number of ether oxygens (including phenoxy) is 1. The van der Waals surface area contributed by atoms with Gasteiger partial charge in [0.2, 0.25) is 11.8 Å². The molecule has 0 saturated carbocycles. The molecular weight excluding hydrogens is 411 g/mol. The Hall–Kier alpha value is -2.24. The van der Waals surface area contributed by atoms with Crippen LogP contribution in [-0.2, 0) is 9.59 Å². The van der Waals surface area contributed by atoms with Gasteiger partial charge in [-0.05, 0) is 56.0 Å². The summed E-state index contributed by atoms with van der Waals surface area (Å²) in [7, 11) is 1.60. The van der Waals surface area contributed by atoms with Crippen LogP contribution in [0.2, 0.25) is 10.0 Å². The monoisotopic (exact) mass is 436 g/mol. The van der Waals surface area contributed by atoms with Crippen LogP contribution in [0.15, 0.2) is 36.4 Å². The van der Waals surface area contributed by atoms with E-state index in [0.717, 1.165) is 23.3 Å². The fraction of sp³-hybridized carbons (Fsp3) is 0.364. The number of carbonyl (C=O) groups excluding carboxylic acids is 2. The van der Waals surface area contributed by atoms with Crippen LogP contribution in [0, 0.1) is 13.8 Å². The number of aryl methyl sites for hydroxylation is 2. The summed E-state index contributed by atoms with van der Waals surface area (Å²) >= 11 is 12.1. The number of nitrogens with one attached hydrogen (secondary N) is 1. The van der Waals surface area contributed by atoms with Gasteiger partial charge in [-0.3, -0.25) is 9.59 Å². The Morgan fingerprint density at radius 3 is 2.45 bits per heavy atom. The van der Waals surface area contributed by atoms with Crippen LogP contribution in [0.4, 0.5) is 5.69 Å². The first-order valence-corrected chi connectivity index (χ1v) is 10.2. The lowest BCUT2D eigenvalue weighted by Crippen LogP contribution is -2.34. The molecule has 2 rings (SSSR count). The summed E-state index contributed by atoms with van der Waals surface area (Å²) in [5.74, 6) is 0.426. The lowest BCUT2D eigenvalue weighted by atomic mass is 10.1. The minimum atomic E-state index is -0.353. The number of halogens is 2. The van der Waals surface area contributed by atoms with E-state index in [1.807, 2.05) is 32.0 Å². The summed E-state index contributed by atoms with van der Waals surface area (Å²) in [5, 5.41) is 3.35. The smallest absolute Gasteiger partial charge is 0.244 e. The summed E-state index contributed by atoms with van der Waals surface area (Å²) in [4.78, 5) is 25.8. The summed E-state index contributed by atoms with van der Waals surface area (Å²) in [6.45, 7) is 4.51. The van der Waals surface area contributed by atoms with E-state index in [0.29, 0.717) is 35.2 Å². The van der Waals surface area contributed by atoms with E-state index in [-0.39, 0.29) is 18.4 Å². The maximum atomic E-state index is 12.2. The normalized spacial score (nSPS) is 10.5. The standard InChI is InChI=1S/C22H26Cl2N2O3/c1-15-10-11-16(2)19(13-15)29-12-5-4-9-21(28)26(3)14-20(27)25-22-17(23)7-6-8-18(22)24/h6-8,10-11,13H,4-5,9,12,14H2,1-3H3,(H,25,27). The molecule has 2 aromatic carbocycles. The van der Waals surface area contributed by atoms with Crippen molar-refractivity contribution in [2.75, 3.05) is 25.5 Å². The molecule has 5 nitrogen and oxygen atoms in total. The molecule has 2 aromatic rings. The summed E-state index contributed by atoms with van der Waals surface area (Å²) in [6.07, 6.45) is 1.80. The third kappa shape index (κ3) is 7.26. The highest BCUT2D eigenvalue weighted by molar-refractivity contribution is 6.39. The molecule has 0 unspecified atom stereocenters. The van der Waals surface area contributed by atoms with Gasteiger partial charge in [-0.15, -0.1) is 0 Å². The number of rotatable bonds is 9. The van der Waals surface area contributed by atoms with Crippen molar-refractivity contribution in [1.29, 1.82) is 0 Å². The topological polar surface area (TPSA) is 58.6 Å². The number of hydrogen-bond acceptors (Lipinski definition) is 3. The van der Waals surface area contributed by atoms with Crippen molar-refractivity contribution in [3.8, 4) is 5.75 Å². The van der Waals surface area contributed by atoms with E-state index < -0.39 is 0 Å². The maximum absolute atomic E-state index is 12.2. The van der Waals surface area contributed by atoms with Gasteiger partial charge in [-0.25, -0.2) is 0 Å². The zero-order valence-corrected chi connectivity index (χ0v) is 18.4. The van der Waals surface area contributed by atoms with Gasteiger partial charge in [0, 0.05) is 13.5 Å². The molecule has 29 heavy (non-hydrogen) atoms. The van der Waals surface area contributed by atoms with Crippen LogP contribution in [0.25, 0.3) is 0 Å². The van der Waals surface area contributed by atoms with Crippen molar-refractivity contribution in [2.45, 2.75) is 33.1 Å². The molecule has 7 heteroatoms. The number of hydrogen-bond donors (Lipinski definition) is 1. The van der Waals surface area contributed by atoms with Crippen molar-refractivity contribution >= 4 is 40.7 Å². The first-order valence-electron chi connectivity index (χ1n) is 9.46. The van der Waals surface area contributed by atoms with Crippen LogP contribution in [0.1, 0.15) is 30.4 Å². The minimum absolute atomic E-state index is 0.0701. The molecule has 0 saturated heterocycles. The Morgan fingerprint density at radius 2 is 1.76 bits per heavy atom. The van der Waals surface area contributed by atoms with Crippen molar-refractivity contribution in [1.82, 2.24) is 4.90 Å². The fourth-order valence-corrected chi connectivity index (χ4v) is 3.21. The first-order chi connectivity index (χ1) is 13.8. The molecule has 0 heterocycles. The van der Waals surface area contributed by atoms with Gasteiger partial charge in [-0.1, -0.05) is 41.4 Å². The Kier molecular flexibility index (Phi) is 8.80. The Labute approximate surface area is 181 Å². The second-order valence-electron chi connectivity index (χ2n) is 6.97. The van der Waals surface area contributed by atoms with E-state index in [4.69, 9.17) is 27.9 Å². The third-order valence-electron chi connectivity index (χ3n) is 4.42. The largest absolute Gasteiger partial charge is 0.493 e. The summed E-state index contributed by atoms with van der Waals surface area (Å²) in [6, 6.07) is 11.1. The Morgan fingerprint density at radius 1 is 1.07 bits per heavy atom. The van der Waals surface area contributed by atoms with Crippen LogP contribution in [0.5, 0.6) is 5.75 Å². The van der Waals surface area contributed by atoms with Crippen LogP contribution < -0.4 is 10.1 Å². The first kappa shape index (κ1) is 23.0. The second-order valence-corrected chi connectivity index (χ2v) is 7.78. The number of unbranched alkanes of at least 4 members (excludes halogenated alkanes) is 1. The average Bonchev–Trinajstić information content (AvgIpc) is 2.67. The molecule has 2 amide bonds. The number of nitrogens with zero attached hydrogens (tertiary/aromatic N) is 1. The van der Waals surface area contributed by atoms with Gasteiger partial charge in [0.15, 0.2) is 0 Å². The molecule has 0 aromatic heterocycles. The molecule has 0 radical (unpaired) electrons. The summed E-state index contributed by atoms with van der Waals surface area (Å²) in [5.41, 5.74) is 2.60. The number of benzene rings is 2. The molecule has 0 aliphatic carbocycles. The second kappa shape index (κ2) is 11.1. The predicted octanol–water partition coefficient (Wildman–Crippen LogP) is 5.26. The summed E-state index contributed by atoms with van der Waals surface area (Å²) < 4.78 is 5.80. The van der Waals surface area contributed by atoms with Gasteiger partial charge < -0.3 is 15.0 Å². The molecule has 1 N–H and O–H groups in total. The fourth-order valence-electron chi connectivity index (χ4n) is 2.71. The SMILES string of the molecule is Cc1ccc(C)c(OCCCCC(=O)N(C)CC(=O)Nc2c(Cl)cccc2Cl)c1. The number of para-hydroxylation sites is 1. The quantitative estimate of drug-likeness (QED) is 0.545. The van der Waals surface area contributed by atoms with Gasteiger partial charge in [0.25, 0.3) is 0 Å². The van der Waals surface area contributed by atoms with Gasteiger partial charge in [-0.2, -0.15) is 0 Å². The third-order valence-corrected chi connectivity index (χ3v) is 5.05. The lowest BCUT2D eigenvalue weighted by Gasteiger charge is -2.17. The molecule has 0 aliphatic rings. The van der Waals surface area contributed by atoms with E-state index in [1.165, 1.54) is 4.90 Å². The van der Waals surface area contributed by atoms with Crippen molar-refractivity contribution in [2.24, 2.45) is 0 Å². The van der Waals surface area contributed by atoms with Gasteiger partial charge >= 0.3 is 0 Å². The van der Waals surface area contributed by atoms with E-state index in [2.05, 4.69) is 5.32 Å². The Bertz CT molecular complexity index is 851. The molecule has 0 fully saturated rings. The van der Waals surface area contributed by atoms with E-state index in [9.17, 15) is 9.59 Å². The minimum Gasteiger partial charge on any atom is -0.493 e. The highest BCUT2D eigenvalue weighted by Crippen LogP contribution is 2.29. The number of likely N-dealkylation sites (N-methyl/N-ethyl adjacent to an activating group) is 1. The highest BCUT2D eigenvalue weighted by atomic mass is 35.5. The predicted molar refractivity (Wildman–Crippen MR) is 118 cm³/mol. The molecule has 0 spiro atoms. The van der Waals surface area contributed by atoms with Crippen LogP contribution >= 0.6 is 23.2 Å². The maximum Gasteiger partial charge on any atom is 0.244 e. The highest BCUT2D eigenvalue weighted by Gasteiger charge is 2.15. The van der Waals surface area contributed by atoms with Crippen molar-refractivity contribution in [3.63, 3.8) is 0 Å². The van der Waals surface area contributed by atoms with Gasteiger partial charge in [0.05, 0.1) is 28.9 Å². The number of anilines is 1. The van der Waals surface area contributed by atoms with Crippen molar-refractivity contribution in [3.05, 3.63) is 57.6 Å². The Balaban J connectivity index is 1.70. The van der Waals surface area contributed by atoms with E-state index in [1.54, 1.807) is 25.2 Å².